The van der Waals surface area contributed by atoms with Crippen LogP contribution in [0.5, 0.6) is 0 Å². The Morgan fingerprint density at radius 2 is 2.03 bits per heavy atom. The Bertz CT molecular complexity index is 1090. The van der Waals surface area contributed by atoms with Gasteiger partial charge in [0.25, 0.3) is 11.8 Å². The molecule has 3 N–H and O–H groups in total. The number of hydrogen-bond donors (Lipinski definition) is 2. The summed E-state index contributed by atoms with van der Waals surface area (Å²) in [6.45, 7) is 0. The van der Waals surface area contributed by atoms with Crippen LogP contribution in [0.25, 0.3) is 0 Å². The second-order valence-electron chi connectivity index (χ2n) is 5.73. The van der Waals surface area contributed by atoms with Gasteiger partial charge in [-0.05, 0) is 17.7 Å². The van der Waals surface area contributed by atoms with Crippen molar-refractivity contribution in [1.29, 1.82) is 0 Å². The van der Waals surface area contributed by atoms with Gasteiger partial charge >= 0.3 is 29.6 Å². The molecular weight excluding hydrogens is 469 g/mol. The van der Waals surface area contributed by atoms with Crippen LogP contribution < -0.4 is 40.6 Å². The molecule has 0 saturated carbocycles. The minimum atomic E-state index is -5.10. The van der Waals surface area contributed by atoms with E-state index in [1.165, 1.54) is 36.8 Å². The summed E-state index contributed by atoms with van der Waals surface area (Å²) in [5, 5.41) is 7.97. The number of amides is 2. The number of nitrogens with one attached hydrogen (secondary N) is 1. The second-order valence-corrected chi connectivity index (χ2v) is 8.31. The summed E-state index contributed by atoms with van der Waals surface area (Å²) < 4.78 is 34.7. The maximum Gasteiger partial charge on any atom is 1.00 e. The maximum atomic E-state index is 12.7. The molecule has 2 heterocycles. The molecule has 30 heavy (non-hydrogen) atoms. The van der Waals surface area contributed by atoms with Crippen LogP contribution in [-0.4, -0.2) is 52.9 Å². The van der Waals surface area contributed by atoms with Gasteiger partial charge < -0.3 is 20.4 Å². The summed E-state index contributed by atoms with van der Waals surface area (Å²) in [5.41, 5.74) is 5.68. The van der Waals surface area contributed by atoms with Crippen molar-refractivity contribution in [3.63, 3.8) is 0 Å². The number of rotatable bonds is 6. The number of thiazole rings is 1. The van der Waals surface area contributed by atoms with Gasteiger partial charge in [-0.15, -0.1) is 11.3 Å². The van der Waals surface area contributed by atoms with Gasteiger partial charge in [-0.1, -0.05) is 28.9 Å². The minimum absolute atomic E-state index is 0. The Balaban J connectivity index is 0.00000320. The third-order valence-electron chi connectivity index (χ3n) is 3.95. The first-order valence-electron chi connectivity index (χ1n) is 7.81. The molecule has 1 aliphatic heterocycles. The fourth-order valence-electron chi connectivity index (χ4n) is 2.74. The standard InChI is InChI=1S/C15H14ClN5O6S2.Na/c1-27-20-10(9-6-28-15(17)18-9)13(22)19-11-12(7-2-4-8(16)5-3-7)21(14(11)23)29(24,25)26;/h2-6,11-12H,1H3,(H2,17,18)(H,19,22)(H,24,25,26);/q;+1/p-1. The monoisotopic (exact) mass is 481 g/mol. The first kappa shape index (κ1) is 24.5. The van der Waals surface area contributed by atoms with Gasteiger partial charge in [0, 0.05) is 10.4 Å². The van der Waals surface area contributed by atoms with Crippen LogP contribution in [0.1, 0.15) is 17.3 Å². The van der Waals surface area contributed by atoms with Gasteiger partial charge in [-0.3, -0.25) is 9.59 Å². The molecular formula is C15H13ClN5NaO6S2. The molecule has 11 nitrogen and oxygen atoms in total. The molecule has 0 radical (unpaired) electrons. The molecule has 2 unspecified atom stereocenters. The van der Waals surface area contributed by atoms with E-state index in [9.17, 15) is 22.6 Å². The molecule has 154 valence electrons. The summed E-state index contributed by atoms with van der Waals surface area (Å²) in [4.78, 5) is 33.6. The normalized spacial score (nSPS) is 19.0. The van der Waals surface area contributed by atoms with Gasteiger partial charge in [0.2, 0.25) is 0 Å². The van der Waals surface area contributed by atoms with Gasteiger partial charge in [-0.2, -0.15) is 0 Å². The van der Waals surface area contributed by atoms with Crippen LogP contribution in [0.3, 0.4) is 0 Å². The third kappa shape index (κ3) is 4.94. The smallest absolute Gasteiger partial charge is 0.731 e. The quantitative estimate of drug-likeness (QED) is 0.147. The zero-order valence-corrected chi connectivity index (χ0v) is 20.0. The summed E-state index contributed by atoms with van der Waals surface area (Å²) in [5.74, 6) is -1.94. The van der Waals surface area contributed by atoms with Crippen LogP contribution in [0, 0.1) is 0 Å². The van der Waals surface area contributed by atoms with Crippen molar-refractivity contribution >= 4 is 55.9 Å². The van der Waals surface area contributed by atoms with Crippen molar-refractivity contribution in [1.82, 2.24) is 14.6 Å². The SMILES string of the molecule is CON=C(C(=O)NC1C(=O)N(S(=O)(=O)[O-])C1c1ccc(Cl)cc1)c1csc(N)n1.[Na+]. The molecule has 2 amide bonds. The Labute approximate surface area is 202 Å². The van der Waals surface area contributed by atoms with Crippen LogP contribution in [0.2, 0.25) is 5.02 Å². The maximum absolute atomic E-state index is 12.7. The molecule has 1 aliphatic rings. The van der Waals surface area contributed by atoms with Crippen LogP contribution in [-0.2, 0) is 24.7 Å². The van der Waals surface area contributed by atoms with Gasteiger partial charge in [0.15, 0.2) is 21.1 Å². The Morgan fingerprint density at radius 1 is 1.40 bits per heavy atom. The fourth-order valence-corrected chi connectivity index (χ4v) is 4.27. The van der Waals surface area contributed by atoms with E-state index in [2.05, 4.69) is 20.3 Å². The summed E-state index contributed by atoms with van der Waals surface area (Å²) in [6, 6.07) is 3.25. The summed E-state index contributed by atoms with van der Waals surface area (Å²) >= 11 is 6.88. The minimum Gasteiger partial charge on any atom is -0.731 e. The molecule has 1 aromatic heterocycles. The number of benzene rings is 1. The number of nitrogens with two attached hydrogens (primary N) is 1. The van der Waals surface area contributed by atoms with E-state index < -0.39 is 34.2 Å². The number of halogens is 1. The first-order valence-corrected chi connectivity index (χ1v) is 10.4. The molecule has 2 atom stereocenters. The van der Waals surface area contributed by atoms with E-state index in [-0.39, 0.29) is 50.4 Å². The van der Waals surface area contributed by atoms with Gasteiger partial charge in [0.05, 0.1) is 0 Å². The number of aromatic nitrogens is 1. The van der Waals surface area contributed by atoms with Crippen LogP contribution >= 0.6 is 22.9 Å². The molecule has 3 rings (SSSR count). The third-order valence-corrected chi connectivity index (χ3v) is 5.77. The molecule has 1 saturated heterocycles. The van der Waals surface area contributed by atoms with E-state index in [4.69, 9.17) is 17.3 Å². The number of carbonyl (C=O) groups excluding carboxylic acids is 2. The van der Waals surface area contributed by atoms with Gasteiger partial charge in [0.1, 0.15) is 24.9 Å². The van der Waals surface area contributed by atoms with Crippen molar-refractivity contribution in [2.45, 2.75) is 12.1 Å². The van der Waals surface area contributed by atoms with Crippen molar-refractivity contribution in [3.05, 3.63) is 45.9 Å². The van der Waals surface area contributed by atoms with Gasteiger partial charge in [-0.25, -0.2) is 17.7 Å². The van der Waals surface area contributed by atoms with Crippen molar-refractivity contribution < 1.29 is 57.0 Å². The average Bonchev–Trinajstić information content (AvgIpc) is 3.07. The number of carbonyl (C=O) groups is 2. The van der Waals surface area contributed by atoms with Crippen molar-refractivity contribution in [2.75, 3.05) is 12.8 Å². The molecule has 15 heteroatoms. The molecule has 1 fully saturated rings. The Morgan fingerprint density at radius 3 is 2.53 bits per heavy atom. The molecule has 1 aromatic carbocycles. The molecule has 0 spiro atoms. The second kappa shape index (κ2) is 9.60. The van der Waals surface area contributed by atoms with Crippen molar-refractivity contribution in [2.24, 2.45) is 5.16 Å². The van der Waals surface area contributed by atoms with Crippen LogP contribution in [0.15, 0.2) is 34.8 Å². The van der Waals surface area contributed by atoms with E-state index >= 15 is 0 Å². The fraction of sp³-hybridized carbons (Fsp3) is 0.200. The number of nitrogens with zero attached hydrogens (tertiary/aromatic N) is 3. The number of hydrogen-bond acceptors (Lipinski definition) is 10. The topological polar surface area (TPSA) is 167 Å². The number of nitrogen functional groups attached to an aromatic ring is 1. The summed E-state index contributed by atoms with van der Waals surface area (Å²) in [6.07, 6.45) is 0. The molecule has 2 aromatic rings. The van der Waals surface area contributed by atoms with E-state index in [0.717, 1.165) is 11.3 Å². The van der Waals surface area contributed by atoms with E-state index in [0.29, 0.717) is 10.6 Å². The molecule has 0 bridgehead atoms. The number of β-lactam (4-membered cyclic amide) rings is 1. The van der Waals surface area contributed by atoms with E-state index in [1.807, 2.05) is 0 Å². The average molecular weight is 482 g/mol. The largest absolute Gasteiger partial charge is 1.00 e. The van der Waals surface area contributed by atoms with E-state index in [1.54, 1.807) is 0 Å². The predicted octanol–water partition coefficient (Wildman–Crippen LogP) is -2.74. The van der Waals surface area contributed by atoms with Crippen molar-refractivity contribution in [3.8, 4) is 0 Å². The summed E-state index contributed by atoms with van der Waals surface area (Å²) in [7, 11) is -3.90. The number of anilines is 1. The molecule has 0 aliphatic carbocycles. The zero-order chi connectivity index (χ0) is 21.3. The Kier molecular flexibility index (Phi) is 7.85. The Hall–Kier alpha value is -1.74. The van der Waals surface area contributed by atoms with Crippen LogP contribution in [0.4, 0.5) is 5.13 Å². The first-order chi connectivity index (χ1) is 13.6. The predicted molar refractivity (Wildman–Crippen MR) is 103 cm³/mol. The number of oxime groups is 1. The zero-order valence-electron chi connectivity index (χ0n) is 15.6.